The van der Waals surface area contributed by atoms with Crippen molar-refractivity contribution >= 4 is 90.9 Å². The van der Waals surface area contributed by atoms with Crippen LogP contribution >= 0.6 is 22.7 Å². The maximum Gasteiger partial charge on any atom is 0.0468 e. The van der Waals surface area contributed by atoms with E-state index < -0.39 is 0 Å². The Hall–Kier alpha value is -4.96. The summed E-state index contributed by atoms with van der Waals surface area (Å²) in [6, 6.07) is 55.5. The molecule has 0 aliphatic carbocycles. The highest BCUT2D eigenvalue weighted by Gasteiger charge is 2.16. The Balaban J connectivity index is 1.18. The molecule has 3 heteroatoms. The molecule has 0 radical (unpaired) electrons. The van der Waals surface area contributed by atoms with Crippen molar-refractivity contribution < 1.29 is 0 Å². The summed E-state index contributed by atoms with van der Waals surface area (Å²) >= 11 is 3.73. The molecule has 0 aliphatic rings. The van der Waals surface area contributed by atoms with Crippen molar-refractivity contribution in [2.24, 2.45) is 0 Å². The van der Waals surface area contributed by atoms with E-state index in [2.05, 4.69) is 157 Å². The fourth-order valence-electron chi connectivity index (χ4n) is 6.42. The monoisotopic (exact) mass is 583 g/mol. The van der Waals surface area contributed by atoms with Crippen molar-refractivity contribution in [3.8, 4) is 11.1 Å². The van der Waals surface area contributed by atoms with Crippen molar-refractivity contribution in [1.29, 1.82) is 0 Å². The fourth-order valence-corrected chi connectivity index (χ4v) is 8.64. The Morgan fingerprint density at radius 2 is 0.953 bits per heavy atom. The van der Waals surface area contributed by atoms with Gasteiger partial charge >= 0.3 is 0 Å². The van der Waals surface area contributed by atoms with Crippen LogP contribution in [0.25, 0.3) is 62.2 Å². The molecule has 0 fully saturated rings. The molecule has 0 spiro atoms. The van der Waals surface area contributed by atoms with Crippen LogP contribution in [0.3, 0.4) is 0 Å². The van der Waals surface area contributed by atoms with Gasteiger partial charge in [-0.15, -0.1) is 22.7 Å². The number of nitrogens with zero attached hydrogens (tertiary/aromatic N) is 1. The minimum atomic E-state index is 1.14. The topological polar surface area (TPSA) is 3.24 Å². The molecule has 1 nitrogen and oxygen atoms in total. The molecule has 0 amide bonds. The third-order valence-corrected chi connectivity index (χ3v) is 10.7. The van der Waals surface area contributed by atoms with Gasteiger partial charge in [-0.1, -0.05) is 84.9 Å². The Morgan fingerprint density at radius 1 is 0.349 bits per heavy atom. The lowest BCUT2D eigenvalue weighted by Crippen LogP contribution is -2.09. The average molecular weight is 584 g/mol. The van der Waals surface area contributed by atoms with Crippen molar-refractivity contribution in [1.82, 2.24) is 0 Å². The van der Waals surface area contributed by atoms with Gasteiger partial charge in [0.1, 0.15) is 0 Å². The molecule has 9 rings (SSSR count). The van der Waals surface area contributed by atoms with Crippen LogP contribution in [0.5, 0.6) is 0 Å². The van der Waals surface area contributed by atoms with Gasteiger partial charge < -0.3 is 4.90 Å². The van der Waals surface area contributed by atoms with Crippen molar-refractivity contribution in [2.75, 3.05) is 4.90 Å². The number of fused-ring (bicyclic) bond motifs is 7. The van der Waals surface area contributed by atoms with E-state index in [1.807, 2.05) is 22.7 Å². The van der Waals surface area contributed by atoms with Crippen LogP contribution in [0, 0.1) is 0 Å². The third kappa shape index (κ3) is 4.04. The van der Waals surface area contributed by atoms with Crippen LogP contribution in [0.1, 0.15) is 0 Å². The molecule has 9 aromatic rings. The van der Waals surface area contributed by atoms with Crippen molar-refractivity contribution in [2.45, 2.75) is 0 Å². The van der Waals surface area contributed by atoms with Crippen LogP contribution in [0.15, 0.2) is 152 Å². The summed E-state index contributed by atoms with van der Waals surface area (Å²) in [5.41, 5.74) is 5.93. The number of anilines is 3. The third-order valence-electron chi connectivity index (χ3n) is 8.45. The second kappa shape index (κ2) is 9.81. The molecule has 2 heterocycles. The van der Waals surface area contributed by atoms with E-state index in [-0.39, 0.29) is 0 Å². The lowest BCUT2D eigenvalue weighted by atomic mass is 9.96. The first-order valence-electron chi connectivity index (χ1n) is 14.5. The minimum Gasteiger partial charge on any atom is -0.310 e. The summed E-state index contributed by atoms with van der Waals surface area (Å²) in [7, 11) is 0. The van der Waals surface area contributed by atoms with Gasteiger partial charge in [0.15, 0.2) is 0 Å². The van der Waals surface area contributed by atoms with Gasteiger partial charge in [-0.3, -0.25) is 0 Å². The Kier molecular flexibility index (Phi) is 5.62. The normalized spacial score (nSPS) is 11.7. The summed E-state index contributed by atoms with van der Waals surface area (Å²) in [6.07, 6.45) is 0. The summed E-state index contributed by atoms with van der Waals surface area (Å²) in [4.78, 5) is 2.36. The highest BCUT2D eigenvalue weighted by atomic mass is 32.1. The summed E-state index contributed by atoms with van der Waals surface area (Å²) < 4.78 is 5.33. The van der Waals surface area contributed by atoms with E-state index in [9.17, 15) is 0 Å². The molecular weight excluding hydrogens is 559 g/mol. The van der Waals surface area contributed by atoms with Crippen LogP contribution in [0.2, 0.25) is 0 Å². The smallest absolute Gasteiger partial charge is 0.0468 e. The van der Waals surface area contributed by atoms with Crippen molar-refractivity contribution in [3.05, 3.63) is 152 Å². The van der Waals surface area contributed by atoms with Gasteiger partial charge in [0.25, 0.3) is 0 Å². The van der Waals surface area contributed by atoms with E-state index >= 15 is 0 Å². The zero-order valence-electron chi connectivity index (χ0n) is 23.2. The lowest BCUT2D eigenvalue weighted by Gasteiger charge is -2.26. The molecule has 0 atom stereocenters. The van der Waals surface area contributed by atoms with Crippen LogP contribution < -0.4 is 4.90 Å². The maximum absolute atomic E-state index is 2.39. The van der Waals surface area contributed by atoms with Crippen LogP contribution in [-0.2, 0) is 0 Å². The highest BCUT2D eigenvalue weighted by Crippen LogP contribution is 2.42. The van der Waals surface area contributed by atoms with Gasteiger partial charge in [0, 0.05) is 57.4 Å². The molecule has 202 valence electrons. The van der Waals surface area contributed by atoms with E-state index in [4.69, 9.17) is 0 Å². The SMILES string of the molecule is c1ccc(N(c2ccc(-c3cccc4cc5sc6ccccc6c5cc34)cc2)c2ccc3sc4ccccc4c3c2)cc1. The van der Waals surface area contributed by atoms with Gasteiger partial charge in [0.2, 0.25) is 0 Å². The fraction of sp³-hybridized carbons (Fsp3) is 0. The number of hydrogen-bond acceptors (Lipinski definition) is 3. The van der Waals surface area contributed by atoms with Gasteiger partial charge in [-0.25, -0.2) is 0 Å². The summed E-state index contributed by atoms with van der Waals surface area (Å²) in [5, 5.41) is 7.87. The van der Waals surface area contributed by atoms with E-state index in [1.54, 1.807) is 0 Å². The van der Waals surface area contributed by atoms with E-state index in [1.165, 1.54) is 62.2 Å². The molecule has 0 unspecified atom stereocenters. The predicted molar refractivity (Wildman–Crippen MR) is 190 cm³/mol. The largest absolute Gasteiger partial charge is 0.310 e. The van der Waals surface area contributed by atoms with E-state index in [0.717, 1.165) is 17.1 Å². The van der Waals surface area contributed by atoms with Crippen molar-refractivity contribution in [3.63, 3.8) is 0 Å². The second-order valence-electron chi connectivity index (χ2n) is 11.0. The van der Waals surface area contributed by atoms with Gasteiger partial charge in [0.05, 0.1) is 0 Å². The predicted octanol–water partition coefficient (Wildman–Crippen LogP) is 12.7. The highest BCUT2D eigenvalue weighted by molar-refractivity contribution is 7.26. The average Bonchev–Trinajstić information content (AvgIpc) is 3.62. The van der Waals surface area contributed by atoms with E-state index in [0.29, 0.717) is 0 Å². The number of benzene rings is 7. The molecular formula is C40H25NS2. The first kappa shape index (κ1) is 24.6. The number of hydrogen-bond donors (Lipinski definition) is 0. The molecule has 0 saturated carbocycles. The Labute approximate surface area is 257 Å². The Morgan fingerprint density at radius 3 is 1.72 bits per heavy atom. The van der Waals surface area contributed by atoms with Crippen LogP contribution in [-0.4, -0.2) is 0 Å². The number of thiophene rings is 2. The zero-order valence-corrected chi connectivity index (χ0v) is 24.8. The summed E-state index contributed by atoms with van der Waals surface area (Å²) in [6.45, 7) is 0. The molecule has 0 bridgehead atoms. The second-order valence-corrected chi connectivity index (χ2v) is 13.1. The molecule has 2 aromatic heterocycles. The minimum absolute atomic E-state index is 1.14. The Bertz CT molecular complexity index is 2450. The first-order valence-corrected chi connectivity index (χ1v) is 16.1. The van der Waals surface area contributed by atoms with Gasteiger partial charge in [-0.05, 0) is 88.6 Å². The van der Waals surface area contributed by atoms with Gasteiger partial charge in [-0.2, -0.15) is 0 Å². The number of rotatable bonds is 4. The quantitative estimate of drug-likeness (QED) is 0.199. The molecule has 0 N–H and O–H groups in total. The molecule has 0 aliphatic heterocycles. The molecule has 7 aromatic carbocycles. The van der Waals surface area contributed by atoms with Crippen LogP contribution in [0.4, 0.5) is 17.1 Å². The summed E-state index contributed by atoms with van der Waals surface area (Å²) in [5.74, 6) is 0. The first-order chi connectivity index (χ1) is 21.3. The molecule has 43 heavy (non-hydrogen) atoms. The standard InChI is InChI=1S/C40H25NS2/c1-2-10-28(11-3-1)41(30-21-22-39-35(24-30)32-12-4-6-15-37(32)42-39)29-19-17-26(18-20-29)31-14-8-9-27-23-40-36(25-34(27)31)33-13-5-7-16-38(33)43-40/h1-25H. The zero-order chi connectivity index (χ0) is 28.3. The maximum atomic E-state index is 2.39. The molecule has 0 saturated heterocycles. The lowest BCUT2D eigenvalue weighted by molar-refractivity contribution is 1.29. The number of para-hydroxylation sites is 1.